The maximum absolute atomic E-state index is 13.0. The van der Waals surface area contributed by atoms with Gasteiger partial charge in [0.2, 0.25) is 0 Å². The number of halogens is 2. The van der Waals surface area contributed by atoms with E-state index in [0.717, 1.165) is 0 Å². The molecule has 0 heterocycles. The molecule has 1 rings (SSSR count). The molecule has 0 saturated carbocycles. The molecule has 0 unspecified atom stereocenters. The zero-order valence-corrected chi connectivity index (χ0v) is 7.70. The van der Waals surface area contributed by atoms with Gasteiger partial charge in [-0.3, -0.25) is 0 Å². The Hall–Kier alpha value is -1.03. The van der Waals surface area contributed by atoms with Crippen LogP contribution in [0.1, 0.15) is 12.0 Å². The maximum atomic E-state index is 13.0. The van der Waals surface area contributed by atoms with Gasteiger partial charge in [0.15, 0.2) is 0 Å². The standard InChI is InChI=1S/C9H9F2NS/c10-7-2-1-3-8(11)6(7)4-5-9(12)13/h1-3H,4-5H2,(H2,12,13). The van der Waals surface area contributed by atoms with Crippen molar-refractivity contribution in [3.63, 3.8) is 0 Å². The summed E-state index contributed by atoms with van der Waals surface area (Å²) in [5.41, 5.74) is 5.28. The van der Waals surface area contributed by atoms with Crippen LogP contribution in [0, 0.1) is 11.6 Å². The van der Waals surface area contributed by atoms with Crippen molar-refractivity contribution in [2.45, 2.75) is 12.8 Å². The lowest BCUT2D eigenvalue weighted by molar-refractivity contribution is 0.556. The van der Waals surface area contributed by atoms with Crippen LogP contribution in [0.3, 0.4) is 0 Å². The first-order valence-electron chi connectivity index (χ1n) is 3.82. The van der Waals surface area contributed by atoms with Gasteiger partial charge in [-0.05, 0) is 18.6 Å². The molecule has 0 aliphatic rings. The van der Waals surface area contributed by atoms with E-state index >= 15 is 0 Å². The molecule has 1 aromatic rings. The summed E-state index contributed by atoms with van der Waals surface area (Å²) in [6.07, 6.45) is 0.543. The Morgan fingerprint density at radius 2 is 1.85 bits per heavy atom. The molecule has 0 amide bonds. The van der Waals surface area contributed by atoms with E-state index in [1.165, 1.54) is 18.2 Å². The van der Waals surface area contributed by atoms with E-state index in [1.54, 1.807) is 0 Å². The molecular formula is C9H9F2NS. The molecule has 0 radical (unpaired) electrons. The van der Waals surface area contributed by atoms with Gasteiger partial charge in [0.05, 0.1) is 4.99 Å². The largest absolute Gasteiger partial charge is 0.393 e. The molecule has 0 fully saturated rings. The predicted octanol–water partition coefficient (Wildman–Crippen LogP) is 2.18. The van der Waals surface area contributed by atoms with Gasteiger partial charge in [0, 0.05) is 12.0 Å². The Labute approximate surface area is 80.6 Å². The van der Waals surface area contributed by atoms with Gasteiger partial charge in [-0.25, -0.2) is 8.78 Å². The fourth-order valence-electron chi connectivity index (χ4n) is 1.02. The molecule has 1 nitrogen and oxygen atoms in total. The minimum atomic E-state index is -0.545. The molecule has 0 atom stereocenters. The Bertz CT molecular complexity index is 305. The summed E-state index contributed by atoms with van der Waals surface area (Å²) in [4.78, 5) is 0.266. The molecule has 0 saturated heterocycles. The second kappa shape index (κ2) is 4.28. The third-order valence-electron chi connectivity index (χ3n) is 1.68. The number of benzene rings is 1. The van der Waals surface area contributed by atoms with Crippen LogP contribution < -0.4 is 5.73 Å². The van der Waals surface area contributed by atoms with E-state index in [-0.39, 0.29) is 17.0 Å². The van der Waals surface area contributed by atoms with Crippen molar-refractivity contribution in [3.05, 3.63) is 35.4 Å². The molecule has 0 aliphatic heterocycles. The van der Waals surface area contributed by atoms with E-state index in [1.807, 2.05) is 0 Å². The lowest BCUT2D eigenvalue weighted by Gasteiger charge is -2.03. The predicted molar refractivity (Wildman–Crippen MR) is 51.5 cm³/mol. The zero-order valence-electron chi connectivity index (χ0n) is 6.89. The average molecular weight is 201 g/mol. The Morgan fingerprint density at radius 1 is 1.31 bits per heavy atom. The van der Waals surface area contributed by atoms with Gasteiger partial charge in [0.1, 0.15) is 11.6 Å². The van der Waals surface area contributed by atoms with Crippen LogP contribution >= 0.6 is 12.2 Å². The molecule has 13 heavy (non-hydrogen) atoms. The highest BCUT2D eigenvalue weighted by molar-refractivity contribution is 7.80. The van der Waals surface area contributed by atoms with Crippen LogP contribution in [0.4, 0.5) is 8.78 Å². The lowest BCUT2D eigenvalue weighted by atomic mass is 10.1. The van der Waals surface area contributed by atoms with E-state index in [4.69, 9.17) is 5.73 Å². The topological polar surface area (TPSA) is 26.0 Å². The smallest absolute Gasteiger partial charge is 0.129 e. The third-order valence-corrected chi connectivity index (χ3v) is 1.89. The summed E-state index contributed by atoms with van der Waals surface area (Å²) in [6.45, 7) is 0. The number of thiocarbonyl (C=S) groups is 1. The first-order valence-corrected chi connectivity index (χ1v) is 4.23. The summed E-state index contributed by atoms with van der Waals surface area (Å²) in [5, 5.41) is 0. The minimum Gasteiger partial charge on any atom is -0.393 e. The van der Waals surface area contributed by atoms with E-state index in [0.29, 0.717) is 6.42 Å². The van der Waals surface area contributed by atoms with Crippen LogP contribution in [0.15, 0.2) is 18.2 Å². The van der Waals surface area contributed by atoms with Crippen LogP contribution in [0.25, 0.3) is 0 Å². The summed E-state index contributed by atoms with van der Waals surface area (Å²) in [7, 11) is 0. The highest BCUT2D eigenvalue weighted by Gasteiger charge is 2.07. The second-order valence-electron chi connectivity index (χ2n) is 2.67. The van der Waals surface area contributed by atoms with E-state index in [9.17, 15) is 8.78 Å². The first-order chi connectivity index (χ1) is 6.11. The highest BCUT2D eigenvalue weighted by atomic mass is 32.1. The van der Waals surface area contributed by atoms with Gasteiger partial charge in [0.25, 0.3) is 0 Å². The maximum Gasteiger partial charge on any atom is 0.129 e. The molecule has 2 N–H and O–H groups in total. The van der Waals surface area contributed by atoms with Crippen molar-refractivity contribution >= 4 is 17.2 Å². The number of hydrogen-bond acceptors (Lipinski definition) is 1. The third kappa shape index (κ3) is 2.73. The fraction of sp³-hybridized carbons (Fsp3) is 0.222. The van der Waals surface area contributed by atoms with Crippen molar-refractivity contribution in [3.8, 4) is 0 Å². The highest BCUT2D eigenvalue weighted by Crippen LogP contribution is 2.13. The molecule has 0 spiro atoms. The molecular weight excluding hydrogens is 192 g/mol. The Morgan fingerprint density at radius 3 is 2.31 bits per heavy atom. The molecule has 0 aromatic heterocycles. The summed E-state index contributed by atoms with van der Waals surface area (Å²) in [6, 6.07) is 3.77. The number of nitrogens with two attached hydrogens (primary N) is 1. The summed E-state index contributed by atoms with van der Waals surface area (Å²) >= 11 is 4.61. The van der Waals surface area contributed by atoms with Crippen molar-refractivity contribution in [2.24, 2.45) is 5.73 Å². The van der Waals surface area contributed by atoms with Gasteiger partial charge >= 0.3 is 0 Å². The second-order valence-corrected chi connectivity index (χ2v) is 3.19. The molecule has 0 aliphatic carbocycles. The van der Waals surface area contributed by atoms with Gasteiger partial charge in [-0.15, -0.1) is 0 Å². The Balaban J connectivity index is 2.81. The van der Waals surface area contributed by atoms with Crippen LogP contribution in [-0.4, -0.2) is 4.99 Å². The quantitative estimate of drug-likeness (QED) is 0.758. The zero-order chi connectivity index (χ0) is 9.84. The van der Waals surface area contributed by atoms with Gasteiger partial charge < -0.3 is 5.73 Å². The summed E-state index contributed by atoms with van der Waals surface area (Å²) in [5.74, 6) is -1.09. The first kappa shape index (κ1) is 10.1. The van der Waals surface area contributed by atoms with Crippen molar-refractivity contribution in [2.75, 3.05) is 0 Å². The van der Waals surface area contributed by atoms with Crippen molar-refractivity contribution in [1.82, 2.24) is 0 Å². The summed E-state index contributed by atoms with van der Waals surface area (Å²) < 4.78 is 26.0. The SMILES string of the molecule is NC(=S)CCc1c(F)cccc1F. The van der Waals surface area contributed by atoms with Crippen LogP contribution in [-0.2, 0) is 6.42 Å². The van der Waals surface area contributed by atoms with E-state index in [2.05, 4.69) is 12.2 Å². The molecule has 1 aromatic carbocycles. The van der Waals surface area contributed by atoms with E-state index < -0.39 is 11.6 Å². The molecule has 0 bridgehead atoms. The van der Waals surface area contributed by atoms with Crippen molar-refractivity contribution < 1.29 is 8.78 Å². The van der Waals surface area contributed by atoms with Crippen LogP contribution in [0.5, 0.6) is 0 Å². The monoisotopic (exact) mass is 201 g/mol. The number of hydrogen-bond donors (Lipinski definition) is 1. The number of rotatable bonds is 3. The molecule has 70 valence electrons. The van der Waals surface area contributed by atoms with Crippen molar-refractivity contribution in [1.29, 1.82) is 0 Å². The van der Waals surface area contributed by atoms with Gasteiger partial charge in [-0.2, -0.15) is 0 Å². The van der Waals surface area contributed by atoms with Crippen LogP contribution in [0.2, 0.25) is 0 Å². The fourth-order valence-corrected chi connectivity index (χ4v) is 1.12. The normalized spacial score (nSPS) is 10.0. The van der Waals surface area contributed by atoms with Gasteiger partial charge in [-0.1, -0.05) is 18.3 Å². The Kier molecular flexibility index (Phi) is 3.31. The average Bonchev–Trinajstić information content (AvgIpc) is 2.03. The lowest BCUT2D eigenvalue weighted by Crippen LogP contribution is -2.09. The molecule has 4 heteroatoms. The minimum absolute atomic E-state index is 0.0512.